The van der Waals surface area contributed by atoms with Crippen molar-refractivity contribution in [1.29, 1.82) is 0 Å². The van der Waals surface area contributed by atoms with Crippen molar-refractivity contribution in [2.45, 2.75) is 39.5 Å². The summed E-state index contributed by atoms with van der Waals surface area (Å²) in [5.41, 5.74) is 1.20. The molecule has 0 radical (unpaired) electrons. The Balaban J connectivity index is 2.41. The molecule has 0 aliphatic carbocycles. The number of ketones is 1. The van der Waals surface area contributed by atoms with Gasteiger partial charge in [0, 0.05) is 12.3 Å². The highest BCUT2D eigenvalue weighted by molar-refractivity contribution is 5.80. The fourth-order valence-electron chi connectivity index (χ4n) is 1.90. The molecule has 0 bridgehead atoms. The van der Waals surface area contributed by atoms with Gasteiger partial charge in [-0.2, -0.15) is 0 Å². The van der Waals surface area contributed by atoms with Crippen molar-refractivity contribution in [3.05, 3.63) is 29.8 Å². The zero-order chi connectivity index (χ0) is 12.7. The van der Waals surface area contributed by atoms with Crippen molar-refractivity contribution < 1.29 is 9.53 Å². The Hall–Kier alpha value is -1.31. The van der Waals surface area contributed by atoms with Crippen LogP contribution in [0.4, 0.5) is 0 Å². The predicted molar refractivity (Wildman–Crippen MR) is 70.4 cm³/mol. The minimum absolute atomic E-state index is 0.207. The molecule has 1 aromatic rings. The summed E-state index contributed by atoms with van der Waals surface area (Å²) >= 11 is 0. The van der Waals surface area contributed by atoms with E-state index in [2.05, 4.69) is 6.92 Å². The number of methoxy groups -OCH3 is 1. The summed E-state index contributed by atoms with van der Waals surface area (Å²) in [6.45, 7) is 4.15. The molecule has 2 nitrogen and oxygen atoms in total. The summed E-state index contributed by atoms with van der Waals surface area (Å²) < 4.78 is 5.10. The second-order valence-corrected chi connectivity index (χ2v) is 4.50. The Kier molecular flexibility index (Phi) is 5.75. The molecule has 1 atom stereocenters. The van der Waals surface area contributed by atoms with Crippen molar-refractivity contribution in [3.63, 3.8) is 0 Å². The van der Waals surface area contributed by atoms with Crippen LogP contribution in [0.25, 0.3) is 0 Å². The molecule has 0 saturated carbocycles. The molecular weight excluding hydrogens is 212 g/mol. The van der Waals surface area contributed by atoms with Crippen LogP contribution in [0.3, 0.4) is 0 Å². The first-order chi connectivity index (χ1) is 8.17. The lowest BCUT2D eigenvalue weighted by atomic mass is 9.96. The largest absolute Gasteiger partial charge is 0.497 e. The number of hydrogen-bond acceptors (Lipinski definition) is 2. The van der Waals surface area contributed by atoms with E-state index in [1.54, 1.807) is 7.11 Å². The van der Waals surface area contributed by atoms with Crippen molar-refractivity contribution in [1.82, 2.24) is 0 Å². The first kappa shape index (κ1) is 13.8. The van der Waals surface area contributed by atoms with Gasteiger partial charge in [-0.1, -0.05) is 32.4 Å². The number of aryl methyl sites for hydroxylation is 1. The Morgan fingerprint density at radius 3 is 2.47 bits per heavy atom. The lowest BCUT2D eigenvalue weighted by Crippen LogP contribution is -2.11. The molecule has 17 heavy (non-hydrogen) atoms. The summed E-state index contributed by atoms with van der Waals surface area (Å²) in [5, 5.41) is 0. The fraction of sp³-hybridized carbons (Fsp3) is 0.533. The Morgan fingerprint density at radius 1 is 1.29 bits per heavy atom. The maximum absolute atomic E-state index is 11.8. The Morgan fingerprint density at radius 2 is 1.94 bits per heavy atom. The van der Waals surface area contributed by atoms with Crippen molar-refractivity contribution in [3.8, 4) is 5.75 Å². The van der Waals surface area contributed by atoms with Crippen LogP contribution < -0.4 is 4.74 Å². The summed E-state index contributed by atoms with van der Waals surface area (Å²) in [4.78, 5) is 11.8. The number of hydrogen-bond donors (Lipinski definition) is 0. The summed E-state index contributed by atoms with van der Waals surface area (Å²) in [5.74, 6) is 1.44. The molecule has 0 N–H and O–H groups in total. The predicted octanol–water partition coefficient (Wildman–Crippen LogP) is 3.63. The molecule has 2 heteroatoms. The van der Waals surface area contributed by atoms with Crippen LogP contribution in [0.5, 0.6) is 5.75 Å². The number of Topliss-reactive ketones (excluding diaryl/α,β-unsaturated/α-hetero) is 1. The van der Waals surface area contributed by atoms with E-state index < -0.39 is 0 Å². The van der Waals surface area contributed by atoms with Gasteiger partial charge in [-0.15, -0.1) is 0 Å². The maximum atomic E-state index is 11.8. The van der Waals surface area contributed by atoms with Crippen LogP contribution in [0.2, 0.25) is 0 Å². The highest BCUT2D eigenvalue weighted by Gasteiger charge is 2.11. The molecule has 1 aromatic carbocycles. The lowest BCUT2D eigenvalue weighted by molar-refractivity contribution is -0.122. The monoisotopic (exact) mass is 234 g/mol. The molecule has 0 saturated heterocycles. The topological polar surface area (TPSA) is 26.3 Å². The summed E-state index contributed by atoms with van der Waals surface area (Å²) in [6.07, 6.45) is 3.56. The van der Waals surface area contributed by atoms with Gasteiger partial charge in [-0.25, -0.2) is 0 Å². The molecule has 1 rings (SSSR count). The van der Waals surface area contributed by atoms with Crippen molar-refractivity contribution in [2.24, 2.45) is 5.92 Å². The second kappa shape index (κ2) is 7.10. The van der Waals surface area contributed by atoms with E-state index in [0.717, 1.165) is 25.0 Å². The number of carbonyl (C=O) groups is 1. The number of rotatable bonds is 7. The number of carbonyl (C=O) groups excluding carboxylic acids is 1. The third-order valence-corrected chi connectivity index (χ3v) is 3.09. The van der Waals surface area contributed by atoms with Gasteiger partial charge in [0.25, 0.3) is 0 Å². The van der Waals surface area contributed by atoms with Gasteiger partial charge in [0.1, 0.15) is 11.5 Å². The van der Waals surface area contributed by atoms with Gasteiger partial charge in [0.05, 0.1) is 7.11 Å². The lowest BCUT2D eigenvalue weighted by Gasteiger charge is -2.09. The van der Waals surface area contributed by atoms with Crippen molar-refractivity contribution >= 4 is 5.78 Å². The van der Waals surface area contributed by atoms with Gasteiger partial charge in [-0.3, -0.25) is 4.79 Å². The first-order valence-electron chi connectivity index (χ1n) is 6.33. The third kappa shape index (κ3) is 4.59. The second-order valence-electron chi connectivity index (χ2n) is 4.50. The number of ether oxygens (including phenoxy) is 1. The molecule has 0 amide bonds. The Bertz CT molecular complexity index is 340. The quantitative estimate of drug-likeness (QED) is 0.720. The average molecular weight is 234 g/mol. The molecule has 0 spiro atoms. The normalized spacial score (nSPS) is 12.2. The van der Waals surface area contributed by atoms with Gasteiger partial charge in [0.15, 0.2) is 0 Å². The van der Waals surface area contributed by atoms with Crippen molar-refractivity contribution in [2.75, 3.05) is 7.11 Å². The SMILES string of the molecule is CCCC(C)C(=O)CCc1ccc(OC)cc1. The van der Waals surface area contributed by atoms with Gasteiger partial charge in [-0.05, 0) is 30.5 Å². The van der Waals surface area contributed by atoms with E-state index >= 15 is 0 Å². The number of benzene rings is 1. The molecule has 0 aliphatic rings. The smallest absolute Gasteiger partial charge is 0.136 e. The summed E-state index contributed by atoms with van der Waals surface area (Å²) in [7, 11) is 1.66. The highest BCUT2D eigenvalue weighted by Crippen LogP contribution is 2.15. The molecule has 0 heterocycles. The Labute approximate surface area is 104 Å². The zero-order valence-corrected chi connectivity index (χ0v) is 11.0. The van der Waals surface area contributed by atoms with Gasteiger partial charge in [0.2, 0.25) is 0 Å². The molecule has 1 unspecified atom stereocenters. The van der Waals surface area contributed by atoms with Crippen LogP contribution >= 0.6 is 0 Å². The van der Waals surface area contributed by atoms with E-state index in [1.807, 2.05) is 31.2 Å². The van der Waals surface area contributed by atoms with Crippen LogP contribution in [0.15, 0.2) is 24.3 Å². The fourth-order valence-corrected chi connectivity index (χ4v) is 1.90. The van der Waals surface area contributed by atoms with Gasteiger partial charge < -0.3 is 4.74 Å². The summed E-state index contributed by atoms with van der Waals surface area (Å²) in [6, 6.07) is 7.93. The van der Waals surface area contributed by atoms with Crippen LogP contribution in [0.1, 0.15) is 38.7 Å². The van der Waals surface area contributed by atoms with E-state index in [1.165, 1.54) is 5.56 Å². The third-order valence-electron chi connectivity index (χ3n) is 3.09. The van der Waals surface area contributed by atoms with E-state index in [0.29, 0.717) is 12.2 Å². The average Bonchev–Trinajstić information content (AvgIpc) is 2.36. The standard InChI is InChI=1S/C15H22O2/c1-4-5-12(2)15(16)11-8-13-6-9-14(17-3)10-7-13/h6-7,9-10,12H,4-5,8,11H2,1-3H3. The molecular formula is C15H22O2. The highest BCUT2D eigenvalue weighted by atomic mass is 16.5. The van der Waals surface area contributed by atoms with E-state index in [-0.39, 0.29) is 5.92 Å². The minimum atomic E-state index is 0.207. The van der Waals surface area contributed by atoms with Crippen LogP contribution in [-0.4, -0.2) is 12.9 Å². The molecule has 0 aliphatic heterocycles. The first-order valence-corrected chi connectivity index (χ1v) is 6.33. The van der Waals surface area contributed by atoms with E-state index in [4.69, 9.17) is 4.74 Å². The van der Waals surface area contributed by atoms with Gasteiger partial charge >= 0.3 is 0 Å². The van der Waals surface area contributed by atoms with Crippen LogP contribution in [-0.2, 0) is 11.2 Å². The van der Waals surface area contributed by atoms with Crippen LogP contribution in [0, 0.1) is 5.92 Å². The molecule has 94 valence electrons. The maximum Gasteiger partial charge on any atom is 0.136 e. The minimum Gasteiger partial charge on any atom is -0.497 e. The van der Waals surface area contributed by atoms with E-state index in [9.17, 15) is 4.79 Å². The molecule has 0 fully saturated rings. The zero-order valence-electron chi connectivity index (χ0n) is 11.0. The molecule has 0 aromatic heterocycles.